The second kappa shape index (κ2) is 9.51. The van der Waals surface area contributed by atoms with Gasteiger partial charge in [0.25, 0.3) is 11.5 Å². The number of halogens is 1. The van der Waals surface area contributed by atoms with E-state index in [-0.39, 0.29) is 17.2 Å². The van der Waals surface area contributed by atoms with Gasteiger partial charge in [-0.05, 0) is 55.0 Å². The molecule has 0 atom stereocenters. The van der Waals surface area contributed by atoms with Crippen LogP contribution in [0.2, 0.25) is 5.02 Å². The molecule has 0 bridgehead atoms. The Kier molecular flexibility index (Phi) is 6.24. The Morgan fingerprint density at radius 1 is 1.06 bits per heavy atom. The van der Waals surface area contributed by atoms with Gasteiger partial charge in [0.2, 0.25) is 0 Å². The molecule has 0 N–H and O–H groups in total. The lowest BCUT2D eigenvalue weighted by atomic mass is 10.1. The quantitative estimate of drug-likeness (QED) is 0.304. The zero-order valence-corrected chi connectivity index (χ0v) is 21.0. The topological polar surface area (TPSA) is 69.4 Å². The number of hydrogen-bond acceptors (Lipinski definition) is 4. The number of benzene rings is 3. The summed E-state index contributed by atoms with van der Waals surface area (Å²) in [5.74, 6) is 0.353. The summed E-state index contributed by atoms with van der Waals surface area (Å²) in [6.07, 6.45) is 0.731. The number of nitrogens with zero attached hydrogens (tertiary/aromatic N) is 4. The molecule has 8 heteroatoms. The highest BCUT2D eigenvalue weighted by Crippen LogP contribution is 2.30. The Bertz CT molecular complexity index is 1650. The molecule has 7 nitrogen and oxygen atoms in total. The first-order valence-corrected chi connectivity index (χ1v) is 12.0. The van der Waals surface area contributed by atoms with Crippen LogP contribution in [0.15, 0.2) is 77.6 Å². The number of carbonyl (C=O) groups excluding carboxylic acids is 1. The van der Waals surface area contributed by atoms with E-state index >= 15 is 0 Å². The van der Waals surface area contributed by atoms with Gasteiger partial charge >= 0.3 is 0 Å². The molecule has 0 aliphatic carbocycles. The number of carbonyl (C=O) groups is 1. The second-order valence-electron chi connectivity index (χ2n) is 8.50. The molecular weight excluding hydrogens is 476 g/mol. The van der Waals surface area contributed by atoms with Crippen molar-refractivity contribution in [3.8, 4) is 11.4 Å². The largest absolute Gasteiger partial charge is 0.497 e. The fourth-order valence-corrected chi connectivity index (χ4v) is 4.76. The molecule has 5 rings (SSSR count). The lowest BCUT2D eigenvalue weighted by Crippen LogP contribution is -2.35. The molecule has 0 radical (unpaired) electrons. The summed E-state index contributed by atoms with van der Waals surface area (Å²) in [6.45, 7) is 2.47. The van der Waals surface area contributed by atoms with Gasteiger partial charge in [-0.15, -0.1) is 0 Å². The number of hydrogen-bond donors (Lipinski definition) is 0. The Balaban J connectivity index is 1.82. The van der Waals surface area contributed by atoms with E-state index in [0.717, 1.165) is 17.3 Å². The Morgan fingerprint density at radius 3 is 2.50 bits per heavy atom. The van der Waals surface area contributed by atoms with E-state index in [4.69, 9.17) is 16.3 Å². The third kappa shape index (κ3) is 3.91. The van der Waals surface area contributed by atoms with Crippen molar-refractivity contribution in [2.75, 3.05) is 18.6 Å². The smallest absolute Gasteiger partial charge is 0.296 e. The predicted molar refractivity (Wildman–Crippen MR) is 144 cm³/mol. The summed E-state index contributed by atoms with van der Waals surface area (Å²) in [6, 6.07) is 21.8. The summed E-state index contributed by atoms with van der Waals surface area (Å²) < 4.78 is 8.38. The number of ether oxygens (including phenoxy) is 1. The van der Waals surface area contributed by atoms with E-state index in [2.05, 4.69) is 5.10 Å². The number of methoxy groups -OCH3 is 1. The van der Waals surface area contributed by atoms with E-state index in [0.29, 0.717) is 39.6 Å². The summed E-state index contributed by atoms with van der Waals surface area (Å²) in [4.78, 5) is 29.6. The fourth-order valence-electron chi connectivity index (χ4n) is 4.57. The first-order chi connectivity index (χ1) is 17.4. The van der Waals surface area contributed by atoms with E-state index < -0.39 is 0 Å². The van der Waals surface area contributed by atoms with Crippen LogP contribution in [0.3, 0.4) is 0 Å². The lowest BCUT2D eigenvalue weighted by Gasteiger charge is -2.23. The highest BCUT2D eigenvalue weighted by atomic mass is 35.5. The molecule has 0 spiro atoms. The number of amides is 1. The summed E-state index contributed by atoms with van der Waals surface area (Å²) in [5.41, 5.74) is 2.35. The van der Waals surface area contributed by atoms with E-state index in [1.165, 1.54) is 4.68 Å². The van der Waals surface area contributed by atoms with Crippen molar-refractivity contribution >= 4 is 45.0 Å². The minimum atomic E-state index is -0.310. The molecule has 1 amide bonds. The molecular formula is C28H25ClN4O3. The Morgan fingerprint density at radius 2 is 1.81 bits per heavy atom. The average Bonchev–Trinajstić information content (AvgIpc) is 3.20. The number of para-hydroxylation sites is 1. The monoisotopic (exact) mass is 500 g/mol. The Labute approximate surface area is 213 Å². The van der Waals surface area contributed by atoms with E-state index in [9.17, 15) is 9.59 Å². The van der Waals surface area contributed by atoms with E-state index in [1.807, 2.05) is 54.9 Å². The highest BCUT2D eigenvalue weighted by molar-refractivity contribution is 6.31. The molecule has 3 aromatic carbocycles. The van der Waals surface area contributed by atoms with Gasteiger partial charge < -0.3 is 14.2 Å². The van der Waals surface area contributed by atoms with Crippen LogP contribution in [0.1, 0.15) is 23.8 Å². The molecule has 0 fully saturated rings. The zero-order valence-electron chi connectivity index (χ0n) is 20.2. The molecule has 0 aliphatic heterocycles. The maximum atomic E-state index is 14.2. The number of anilines is 1. The molecule has 5 aromatic rings. The van der Waals surface area contributed by atoms with Crippen LogP contribution >= 0.6 is 11.6 Å². The van der Waals surface area contributed by atoms with Crippen LogP contribution in [0.4, 0.5) is 5.69 Å². The van der Waals surface area contributed by atoms with Gasteiger partial charge in [0, 0.05) is 40.6 Å². The van der Waals surface area contributed by atoms with Crippen LogP contribution in [0.25, 0.3) is 27.5 Å². The van der Waals surface area contributed by atoms with Crippen molar-refractivity contribution < 1.29 is 9.53 Å². The maximum Gasteiger partial charge on any atom is 0.296 e. The number of aryl methyl sites for hydroxylation is 1. The van der Waals surface area contributed by atoms with Gasteiger partial charge in [0.05, 0.1) is 12.8 Å². The first-order valence-electron chi connectivity index (χ1n) is 11.7. The van der Waals surface area contributed by atoms with Crippen LogP contribution < -0.4 is 15.2 Å². The molecule has 0 saturated carbocycles. The number of rotatable bonds is 6. The second-order valence-corrected chi connectivity index (χ2v) is 8.94. The Hall–Kier alpha value is -4.10. The zero-order chi connectivity index (χ0) is 25.4. The van der Waals surface area contributed by atoms with Gasteiger partial charge in [-0.1, -0.05) is 42.8 Å². The van der Waals surface area contributed by atoms with Crippen molar-refractivity contribution in [2.45, 2.75) is 13.3 Å². The van der Waals surface area contributed by atoms with Crippen molar-refractivity contribution in [1.29, 1.82) is 0 Å². The van der Waals surface area contributed by atoms with Gasteiger partial charge in [-0.2, -0.15) is 9.78 Å². The normalized spacial score (nSPS) is 11.2. The minimum Gasteiger partial charge on any atom is -0.497 e. The first kappa shape index (κ1) is 23.6. The third-order valence-electron chi connectivity index (χ3n) is 6.27. The molecule has 0 unspecified atom stereocenters. The minimum absolute atomic E-state index is 0.200. The lowest BCUT2D eigenvalue weighted by molar-refractivity contribution is 0.0982. The van der Waals surface area contributed by atoms with Crippen molar-refractivity contribution in [3.63, 3.8) is 0 Å². The highest BCUT2D eigenvalue weighted by Gasteiger charge is 2.27. The van der Waals surface area contributed by atoms with Crippen LogP contribution in [-0.2, 0) is 7.05 Å². The van der Waals surface area contributed by atoms with Gasteiger partial charge in [-0.25, -0.2) is 0 Å². The maximum absolute atomic E-state index is 14.2. The SMILES string of the molecule is CCCN(C(=O)c1nn(-c2ccc(OC)cc2)c(=O)c2c1c1ccccc1n2C)c1cccc(Cl)c1. The van der Waals surface area contributed by atoms with E-state index in [1.54, 1.807) is 48.4 Å². The third-order valence-corrected chi connectivity index (χ3v) is 6.51. The van der Waals surface area contributed by atoms with Gasteiger partial charge in [0.1, 0.15) is 11.3 Å². The summed E-state index contributed by atoms with van der Waals surface area (Å²) >= 11 is 6.25. The molecule has 2 aromatic heterocycles. The number of aromatic nitrogens is 3. The molecule has 0 aliphatic rings. The average molecular weight is 501 g/mol. The van der Waals surface area contributed by atoms with Crippen molar-refractivity contribution in [1.82, 2.24) is 14.3 Å². The van der Waals surface area contributed by atoms with Crippen LogP contribution in [0.5, 0.6) is 5.75 Å². The molecule has 2 heterocycles. The molecule has 36 heavy (non-hydrogen) atoms. The van der Waals surface area contributed by atoms with Gasteiger partial charge in [-0.3, -0.25) is 9.59 Å². The summed E-state index contributed by atoms with van der Waals surface area (Å²) in [7, 11) is 3.41. The summed E-state index contributed by atoms with van der Waals surface area (Å²) in [5, 5.41) is 6.54. The van der Waals surface area contributed by atoms with Crippen LogP contribution in [-0.4, -0.2) is 33.9 Å². The molecule has 182 valence electrons. The number of fused-ring (bicyclic) bond motifs is 3. The van der Waals surface area contributed by atoms with Crippen molar-refractivity contribution in [3.05, 3.63) is 93.9 Å². The fraction of sp³-hybridized carbons (Fsp3) is 0.179. The van der Waals surface area contributed by atoms with Crippen molar-refractivity contribution in [2.24, 2.45) is 7.05 Å². The molecule has 0 saturated heterocycles. The standard InChI is InChI=1S/C28H25ClN4O3/c1-4-16-32(20-9-7-8-18(29)17-20)27(34)25-24-22-10-5-6-11-23(22)31(2)26(24)28(35)33(30-25)19-12-14-21(36-3)15-13-19/h5-15,17H,4,16H2,1-3H3. The predicted octanol–water partition coefficient (Wildman–Crippen LogP) is 5.60. The van der Waals surface area contributed by atoms with Gasteiger partial charge in [0.15, 0.2) is 5.69 Å². The van der Waals surface area contributed by atoms with Crippen LogP contribution in [0, 0.1) is 0 Å².